The number of rotatable bonds is 6. The van der Waals surface area contributed by atoms with Crippen LogP contribution in [-0.4, -0.2) is 5.78 Å². The second-order valence-corrected chi connectivity index (χ2v) is 5.94. The zero-order valence-corrected chi connectivity index (χ0v) is 15.0. The fraction of sp³-hybridized carbons (Fsp3) is 0.136. The summed E-state index contributed by atoms with van der Waals surface area (Å²) in [6, 6.07) is 27.4. The van der Waals surface area contributed by atoms with E-state index in [1.54, 1.807) is 0 Å². The van der Waals surface area contributed by atoms with Gasteiger partial charge in [0.05, 0.1) is 6.04 Å². The summed E-state index contributed by atoms with van der Waals surface area (Å²) in [5.74, 6) is 0.0916. The van der Waals surface area contributed by atoms with E-state index in [1.165, 1.54) is 11.1 Å². The van der Waals surface area contributed by atoms with E-state index in [0.29, 0.717) is 6.54 Å². The molecule has 2 nitrogen and oxygen atoms in total. The summed E-state index contributed by atoms with van der Waals surface area (Å²) < 4.78 is 0. The molecule has 128 valence electrons. The van der Waals surface area contributed by atoms with Crippen LogP contribution in [0, 0.1) is 6.92 Å². The van der Waals surface area contributed by atoms with E-state index >= 15 is 0 Å². The van der Waals surface area contributed by atoms with Crippen LogP contribution in [0.3, 0.4) is 0 Å². The number of nitrogens with one attached hydrogen (secondary N) is 1. The Labute approximate surface area is 155 Å². The third-order valence-corrected chi connectivity index (χ3v) is 4.08. The van der Waals surface area contributed by atoms with Crippen LogP contribution in [0.1, 0.15) is 33.1 Å². The van der Waals surface area contributed by atoms with Gasteiger partial charge in [0, 0.05) is 12.1 Å². The molecule has 0 spiro atoms. The molecule has 3 rings (SSSR count). The molecule has 1 N–H and O–H groups in total. The van der Waals surface area contributed by atoms with E-state index in [-0.39, 0.29) is 24.2 Å². The van der Waals surface area contributed by atoms with Crippen molar-refractivity contribution in [3.8, 4) is 0 Å². The van der Waals surface area contributed by atoms with E-state index in [9.17, 15) is 4.79 Å². The van der Waals surface area contributed by atoms with Crippen molar-refractivity contribution in [1.82, 2.24) is 5.32 Å². The normalized spacial score (nSPS) is 11.4. The first kappa shape index (κ1) is 18.9. The van der Waals surface area contributed by atoms with Gasteiger partial charge in [0.25, 0.3) is 0 Å². The highest BCUT2D eigenvalue weighted by molar-refractivity contribution is 6.00. The predicted molar refractivity (Wildman–Crippen MR) is 105 cm³/mol. The zero-order valence-electron chi connectivity index (χ0n) is 14.2. The van der Waals surface area contributed by atoms with Gasteiger partial charge in [0.2, 0.25) is 0 Å². The van der Waals surface area contributed by atoms with Crippen LogP contribution in [0.4, 0.5) is 0 Å². The van der Waals surface area contributed by atoms with Crippen LogP contribution in [0.15, 0.2) is 84.9 Å². The molecule has 3 aromatic carbocycles. The Balaban J connectivity index is 0.00000225. The summed E-state index contributed by atoms with van der Waals surface area (Å²) in [6.45, 7) is 2.72. The summed E-state index contributed by atoms with van der Waals surface area (Å²) in [5.41, 5.74) is 4.11. The molecule has 0 amide bonds. The number of Topliss-reactive ketones (excluding diaryl/α,β-unsaturated/α-hetero) is 1. The molecule has 0 aromatic heterocycles. The minimum Gasteiger partial charge on any atom is -0.299 e. The molecule has 0 aliphatic rings. The molecule has 25 heavy (non-hydrogen) atoms. The average molecular weight is 352 g/mol. The maximum atomic E-state index is 13.0. The van der Waals surface area contributed by atoms with Gasteiger partial charge >= 0.3 is 0 Å². The van der Waals surface area contributed by atoms with E-state index in [2.05, 4.69) is 36.5 Å². The molecular formula is C22H22ClNO. The second kappa shape index (κ2) is 9.16. The van der Waals surface area contributed by atoms with Crippen molar-refractivity contribution in [2.45, 2.75) is 19.5 Å². The highest BCUT2D eigenvalue weighted by atomic mass is 35.5. The lowest BCUT2D eigenvalue weighted by Gasteiger charge is -2.18. The topological polar surface area (TPSA) is 29.1 Å². The number of hydrogen-bond acceptors (Lipinski definition) is 2. The van der Waals surface area contributed by atoms with E-state index in [4.69, 9.17) is 0 Å². The lowest BCUT2D eigenvalue weighted by atomic mass is 9.97. The van der Waals surface area contributed by atoms with Gasteiger partial charge in [0.1, 0.15) is 0 Å². The molecule has 3 aromatic rings. The smallest absolute Gasteiger partial charge is 0.184 e. The number of carbonyl (C=O) groups is 1. The first-order valence-corrected chi connectivity index (χ1v) is 8.17. The lowest BCUT2D eigenvalue weighted by molar-refractivity contribution is 0.0942. The third kappa shape index (κ3) is 5.02. The van der Waals surface area contributed by atoms with Crippen LogP contribution in [0.5, 0.6) is 0 Å². The van der Waals surface area contributed by atoms with Gasteiger partial charge in [-0.25, -0.2) is 0 Å². The summed E-state index contributed by atoms with van der Waals surface area (Å²) in [6.07, 6.45) is 0. The average Bonchev–Trinajstić information content (AvgIpc) is 2.65. The van der Waals surface area contributed by atoms with Crippen molar-refractivity contribution in [2.75, 3.05) is 0 Å². The SMILES string of the molecule is Cc1ccc(CNC(C(=O)c2ccccc2)c2ccccc2)cc1.Cl. The fourth-order valence-electron chi connectivity index (χ4n) is 2.70. The first-order chi connectivity index (χ1) is 11.7. The van der Waals surface area contributed by atoms with Crippen LogP contribution in [-0.2, 0) is 6.54 Å². The van der Waals surface area contributed by atoms with Crippen LogP contribution < -0.4 is 5.32 Å². The fourth-order valence-corrected chi connectivity index (χ4v) is 2.70. The molecule has 0 aliphatic carbocycles. The molecule has 0 saturated carbocycles. The van der Waals surface area contributed by atoms with Gasteiger partial charge in [-0.3, -0.25) is 10.1 Å². The van der Waals surface area contributed by atoms with Gasteiger partial charge in [-0.15, -0.1) is 12.4 Å². The molecule has 3 heteroatoms. The van der Waals surface area contributed by atoms with Gasteiger partial charge in [-0.2, -0.15) is 0 Å². The van der Waals surface area contributed by atoms with Crippen molar-refractivity contribution < 1.29 is 4.79 Å². The summed E-state index contributed by atoms with van der Waals surface area (Å²) >= 11 is 0. The Bertz CT molecular complexity index is 785. The largest absolute Gasteiger partial charge is 0.299 e. The van der Waals surface area contributed by atoms with Crippen LogP contribution >= 0.6 is 12.4 Å². The molecule has 0 aliphatic heterocycles. The summed E-state index contributed by atoms with van der Waals surface area (Å²) in [5, 5.41) is 3.42. The maximum Gasteiger partial charge on any atom is 0.184 e. The highest BCUT2D eigenvalue weighted by Gasteiger charge is 2.21. The molecule has 0 heterocycles. The van der Waals surface area contributed by atoms with Gasteiger partial charge in [0.15, 0.2) is 5.78 Å². The number of benzene rings is 3. The molecular weight excluding hydrogens is 330 g/mol. The number of hydrogen-bond donors (Lipinski definition) is 1. The molecule has 0 saturated heterocycles. The highest BCUT2D eigenvalue weighted by Crippen LogP contribution is 2.19. The number of aryl methyl sites for hydroxylation is 1. The Morgan fingerprint density at radius 2 is 1.40 bits per heavy atom. The van der Waals surface area contributed by atoms with E-state index in [1.807, 2.05) is 60.7 Å². The van der Waals surface area contributed by atoms with Crippen molar-refractivity contribution in [3.63, 3.8) is 0 Å². The van der Waals surface area contributed by atoms with Gasteiger partial charge in [-0.05, 0) is 18.1 Å². The minimum absolute atomic E-state index is 0. The Morgan fingerprint density at radius 1 is 0.840 bits per heavy atom. The quantitative estimate of drug-likeness (QED) is 0.624. The minimum atomic E-state index is -0.352. The van der Waals surface area contributed by atoms with Crippen LogP contribution in [0.2, 0.25) is 0 Å². The van der Waals surface area contributed by atoms with Gasteiger partial charge < -0.3 is 0 Å². The molecule has 0 fully saturated rings. The van der Waals surface area contributed by atoms with Gasteiger partial charge in [-0.1, -0.05) is 90.5 Å². The second-order valence-electron chi connectivity index (χ2n) is 5.94. The van der Waals surface area contributed by atoms with E-state index < -0.39 is 0 Å². The van der Waals surface area contributed by atoms with Crippen molar-refractivity contribution in [1.29, 1.82) is 0 Å². The predicted octanol–water partition coefficient (Wildman–Crippen LogP) is 5.13. The zero-order chi connectivity index (χ0) is 16.8. The molecule has 0 radical (unpaired) electrons. The number of ketones is 1. The van der Waals surface area contributed by atoms with Crippen molar-refractivity contribution in [3.05, 3.63) is 107 Å². The van der Waals surface area contributed by atoms with Crippen molar-refractivity contribution in [2.24, 2.45) is 0 Å². The summed E-state index contributed by atoms with van der Waals surface area (Å²) in [4.78, 5) is 13.0. The Morgan fingerprint density at radius 3 is 2.00 bits per heavy atom. The Kier molecular flexibility index (Phi) is 6.93. The third-order valence-electron chi connectivity index (χ3n) is 4.08. The van der Waals surface area contributed by atoms with E-state index in [0.717, 1.165) is 11.1 Å². The molecule has 0 bridgehead atoms. The monoisotopic (exact) mass is 351 g/mol. The number of carbonyl (C=O) groups excluding carboxylic acids is 1. The first-order valence-electron chi connectivity index (χ1n) is 8.17. The van der Waals surface area contributed by atoms with Crippen LogP contribution in [0.25, 0.3) is 0 Å². The van der Waals surface area contributed by atoms with Crippen molar-refractivity contribution >= 4 is 18.2 Å². The molecule has 1 unspecified atom stereocenters. The maximum absolute atomic E-state index is 13.0. The summed E-state index contributed by atoms with van der Waals surface area (Å²) in [7, 11) is 0. The standard InChI is InChI=1S/C22H21NO.ClH/c1-17-12-14-18(15-13-17)16-23-21(19-8-4-2-5-9-19)22(24)20-10-6-3-7-11-20;/h2-15,21,23H,16H2,1H3;1H. The molecule has 1 atom stereocenters. The lowest BCUT2D eigenvalue weighted by Crippen LogP contribution is -2.28. The number of halogens is 1. The Hall–Kier alpha value is -2.42.